The van der Waals surface area contributed by atoms with Crippen LogP contribution in [0.1, 0.15) is 54.4 Å². The number of aliphatic hydroxyl groups is 1. The van der Waals surface area contributed by atoms with Crippen molar-refractivity contribution in [3.63, 3.8) is 0 Å². The van der Waals surface area contributed by atoms with E-state index in [0.29, 0.717) is 0 Å². The zero-order valence-electron chi connectivity index (χ0n) is 10.6. The van der Waals surface area contributed by atoms with Crippen molar-refractivity contribution in [1.29, 1.82) is 0 Å². The highest BCUT2D eigenvalue weighted by atomic mass is 16.5. The average Bonchev–Trinajstić information content (AvgIpc) is 1.93. The highest BCUT2D eigenvalue weighted by Crippen LogP contribution is 2.22. The van der Waals surface area contributed by atoms with Crippen molar-refractivity contribution >= 4 is 0 Å². The Bertz CT molecular complexity index is 151. The molecule has 14 heavy (non-hydrogen) atoms. The van der Waals surface area contributed by atoms with Gasteiger partial charge < -0.3 is 9.84 Å². The van der Waals surface area contributed by atoms with Gasteiger partial charge in [-0.3, -0.25) is 0 Å². The van der Waals surface area contributed by atoms with Crippen molar-refractivity contribution in [3.05, 3.63) is 0 Å². The number of rotatable bonds is 4. The molecule has 0 amide bonds. The van der Waals surface area contributed by atoms with Crippen LogP contribution in [0, 0.1) is 5.41 Å². The van der Waals surface area contributed by atoms with Gasteiger partial charge in [0.2, 0.25) is 0 Å². The highest BCUT2D eigenvalue weighted by Gasteiger charge is 2.21. The van der Waals surface area contributed by atoms with E-state index in [1.54, 1.807) is 0 Å². The Balaban J connectivity index is 3.56. The van der Waals surface area contributed by atoms with E-state index in [2.05, 4.69) is 20.8 Å². The fourth-order valence-corrected chi connectivity index (χ4v) is 1.09. The van der Waals surface area contributed by atoms with Gasteiger partial charge in [0.05, 0.1) is 11.7 Å². The van der Waals surface area contributed by atoms with Crippen molar-refractivity contribution < 1.29 is 9.84 Å². The van der Waals surface area contributed by atoms with Crippen LogP contribution in [0.5, 0.6) is 0 Å². The van der Waals surface area contributed by atoms with E-state index in [1.165, 1.54) is 0 Å². The minimum Gasteiger partial charge on any atom is -0.393 e. The molecule has 0 aromatic rings. The van der Waals surface area contributed by atoms with Gasteiger partial charge in [-0.15, -0.1) is 0 Å². The largest absolute Gasteiger partial charge is 0.393 e. The molecular formula is C12H26O2. The predicted octanol–water partition coefficient (Wildman–Crippen LogP) is 2.99. The molecule has 86 valence electrons. The van der Waals surface area contributed by atoms with Gasteiger partial charge in [0.25, 0.3) is 0 Å². The molecular weight excluding hydrogens is 176 g/mol. The molecule has 0 heterocycles. The molecule has 0 aliphatic carbocycles. The smallest absolute Gasteiger partial charge is 0.0598 e. The Kier molecular flexibility index (Phi) is 5.10. The summed E-state index contributed by atoms with van der Waals surface area (Å²) in [6.07, 6.45) is 1.51. The lowest BCUT2D eigenvalue weighted by molar-refractivity contribution is -0.0154. The van der Waals surface area contributed by atoms with Gasteiger partial charge in [0.1, 0.15) is 0 Å². The summed E-state index contributed by atoms with van der Waals surface area (Å²) >= 11 is 0. The minimum atomic E-state index is -0.230. The van der Waals surface area contributed by atoms with Crippen LogP contribution in [-0.2, 0) is 4.74 Å². The Hall–Kier alpha value is -0.0800. The third-order valence-corrected chi connectivity index (χ3v) is 2.16. The van der Waals surface area contributed by atoms with Crippen LogP contribution >= 0.6 is 0 Å². The first-order valence-electron chi connectivity index (χ1n) is 5.45. The molecule has 1 atom stereocenters. The number of ether oxygens (including phenoxy) is 1. The lowest BCUT2D eigenvalue weighted by Gasteiger charge is -2.26. The van der Waals surface area contributed by atoms with Gasteiger partial charge in [0, 0.05) is 6.61 Å². The second kappa shape index (κ2) is 5.13. The van der Waals surface area contributed by atoms with E-state index < -0.39 is 0 Å². The summed E-state index contributed by atoms with van der Waals surface area (Å²) in [7, 11) is 0. The lowest BCUT2D eigenvalue weighted by Crippen LogP contribution is -2.27. The Morgan fingerprint density at radius 3 is 1.93 bits per heavy atom. The fraction of sp³-hybridized carbons (Fsp3) is 1.00. The Morgan fingerprint density at radius 1 is 1.07 bits per heavy atom. The summed E-state index contributed by atoms with van der Waals surface area (Å²) < 4.78 is 5.58. The topological polar surface area (TPSA) is 29.5 Å². The normalized spacial score (nSPS) is 15.6. The van der Waals surface area contributed by atoms with Crippen molar-refractivity contribution in [1.82, 2.24) is 0 Å². The molecule has 0 aromatic carbocycles. The zero-order valence-corrected chi connectivity index (χ0v) is 10.6. The van der Waals surface area contributed by atoms with Crippen LogP contribution in [0.4, 0.5) is 0 Å². The molecule has 1 unspecified atom stereocenters. The maximum atomic E-state index is 9.76. The highest BCUT2D eigenvalue weighted by molar-refractivity contribution is 4.72. The molecule has 0 spiro atoms. The molecule has 0 saturated heterocycles. The molecule has 0 rings (SSSR count). The molecule has 0 fully saturated rings. The maximum absolute atomic E-state index is 9.76. The molecule has 1 N–H and O–H groups in total. The first-order valence-corrected chi connectivity index (χ1v) is 5.45. The van der Waals surface area contributed by atoms with E-state index in [0.717, 1.165) is 19.4 Å². The molecule has 0 aliphatic rings. The van der Waals surface area contributed by atoms with E-state index in [4.69, 9.17) is 4.74 Å². The first-order chi connectivity index (χ1) is 6.13. The molecule has 0 saturated carbocycles. The Labute approximate surface area is 88.7 Å². The number of aliphatic hydroxyl groups excluding tert-OH is 1. The van der Waals surface area contributed by atoms with Gasteiger partial charge in [-0.25, -0.2) is 0 Å². The molecule has 0 radical (unpaired) electrons. The second-order valence-corrected chi connectivity index (χ2v) is 5.98. The summed E-state index contributed by atoms with van der Waals surface area (Å²) in [4.78, 5) is 0. The van der Waals surface area contributed by atoms with Gasteiger partial charge in [-0.05, 0) is 39.0 Å². The van der Waals surface area contributed by atoms with Crippen molar-refractivity contribution in [2.45, 2.75) is 66.1 Å². The van der Waals surface area contributed by atoms with Gasteiger partial charge >= 0.3 is 0 Å². The van der Waals surface area contributed by atoms with E-state index in [-0.39, 0.29) is 17.1 Å². The van der Waals surface area contributed by atoms with Crippen LogP contribution in [0.2, 0.25) is 0 Å². The van der Waals surface area contributed by atoms with Crippen LogP contribution in [0.25, 0.3) is 0 Å². The van der Waals surface area contributed by atoms with Crippen molar-refractivity contribution in [3.8, 4) is 0 Å². The molecule has 2 heteroatoms. The second-order valence-electron chi connectivity index (χ2n) is 5.98. The number of hydrogen-bond acceptors (Lipinski definition) is 2. The quantitative estimate of drug-likeness (QED) is 0.710. The summed E-state index contributed by atoms with van der Waals surface area (Å²) in [5.41, 5.74) is -0.0750. The zero-order chi connectivity index (χ0) is 11.4. The minimum absolute atomic E-state index is 0.0122. The lowest BCUT2D eigenvalue weighted by atomic mass is 9.86. The fourth-order valence-electron chi connectivity index (χ4n) is 1.09. The monoisotopic (exact) mass is 202 g/mol. The first kappa shape index (κ1) is 13.9. The van der Waals surface area contributed by atoms with E-state index in [1.807, 2.05) is 20.8 Å². The molecule has 0 bridgehead atoms. The summed E-state index contributed by atoms with van der Waals surface area (Å²) in [5, 5.41) is 9.76. The standard InChI is InChI=1S/C12H26O2/c1-11(2,3)10(13)8-7-9-14-12(4,5)6/h10,13H,7-9H2,1-6H3. The molecule has 0 aliphatic heterocycles. The van der Waals surface area contributed by atoms with Gasteiger partial charge in [-0.2, -0.15) is 0 Å². The van der Waals surface area contributed by atoms with Crippen LogP contribution < -0.4 is 0 Å². The third kappa shape index (κ3) is 7.34. The summed E-state index contributed by atoms with van der Waals surface area (Å²) in [6.45, 7) is 13.1. The SMILES string of the molecule is CC(C)(C)OCCCC(O)C(C)(C)C. The van der Waals surface area contributed by atoms with Gasteiger partial charge in [0.15, 0.2) is 0 Å². The number of hydrogen-bond donors (Lipinski definition) is 1. The van der Waals surface area contributed by atoms with E-state index >= 15 is 0 Å². The predicted molar refractivity (Wildman–Crippen MR) is 60.4 cm³/mol. The van der Waals surface area contributed by atoms with Crippen LogP contribution in [0.15, 0.2) is 0 Å². The summed E-state index contributed by atoms with van der Waals surface area (Å²) in [6, 6.07) is 0. The third-order valence-electron chi connectivity index (χ3n) is 2.16. The average molecular weight is 202 g/mol. The van der Waals surface area contributed by atoms with Crippen LogP contribution in [-0.4, -0.2) is 23.4 Å². The molecule has 2 nitrogen and oxygen atoms in total. The maximum Gasteiger partial charge on any atom is 0.0598 e. The molecule has 0 aromatic heterocycles. The van der Waals surface area contributed by atoms with Crippen LogP contribution in [0.3, 0.4) is 0 Å². The van der Waals surface area contributed by atoms with E-state index in [9.17, 15) is 5.11 Å². The van der Waals surface area contributed by atoms with Crippen molar-refractivity contribution in [2.75, 3.05) is 6.61 Å². The van der Waals surface area contributed by atoms with Crippen molar-refractivity contribution in [2.24, 2.45) is 5.41 Å². The van der Waals surface area contributed by atoms with Gasteiger partial charge in [-0.1, -0.05) is 20.8 Å². The Morgan fingerprint density at radius 2 is 1.57 bits per heavy atom. The summed E-state index contributed by atoms with van der Waals surface area (Å²) in [5.74, 6) is 0.